The first-order valence-corrected chi connectivity index (χ1v) is 18.2. The molecule has 2 aromatic heterocycles. The lowest BCUT2D eigenvalue weighted by Crippen LogP contribution is -2.66. The SMILES string of the molecule is CCC[C@@H](CCO[Si](c1ccccc1)(c1ccccc1)C(C)(C)C)Nc1n[c]nc2cnn(Cc3cc(CCl)c(F)cc3OC)c12. The van der Waals surface area contributed by atoms with Gasteiger partial charge >= 0.3 is 0 Å². The molecule has 0 aliphatic carbocycles. The van der Waals surface area contributed by atoms with Crippen LogP contribution in [0.15, 0.2) is 79.0 Å². The van der Waals surface area contributed by atoms with Crippen LogP contribution in [0.5, 0.6) is 5.75 Å². The molecule has 3 aromatic carbocycles. The molecule has 0 amide bonds. The van der Waals surface area contributed by atoms with Crippen LogP contribution in [0.1, 0.15) is 58.1 Å². The molecule has 1 atom stereocenters. The van der Waals surface area contributed by atoms with Gasteiger partial charge in [0.1, 0.15) is 22.6 Å². The summed E-state index contributed by atoms with van der Waals surface area (Å²) in [7, 11) is -1.14. The van der Waals surface area contributed by atoms with Crippen molar-refractivity contribution in [2.24, 2.45) is 0 Å². The van der Waals surface area contributed by atoms with Gasteiger partial charge in [0, 0.05) is 29.8 Å². The molecule has 0 bridgehead atoms. The minimum absolute atomic E-state index is 0.0578. The molecule has 241 valence electrons. The number of aromatic nitrogens is 4. The van der Waals surface area contributed by atoms with Crippen LogP contribution in [-0.4, -0.2) is 47.8 Å². The van der Waals surface area contributed by atoms with Crippen molar-refractivity contribution in [3.8, 4) is 5.75 Å². The summed E-state index contributed by atoms with van der Waals surface area (Å²) in [5.74, 6) is 0.730. The van der Waals surface area contributed by atoms with E-state index in [1.54, 1.807) is 16.9 Å². The van der Waals surface area contributed by atoms with Crippen LogP contribution in [0.2, 0.25) is 5.04 Å². The fourth-order valence-electron chi connectivity index (χ4n) is 6.28. The van der Waals surface area contributed by atoms with E-state index in [-0.39, 0.29) is 17.0 Å². The van der Waals surface area contributed by atoms with E-state index in [1.807, 2.05) is 0 Å². The standard InChI is InChI=1S/C36H42ClFN5O2Si/c1-6-13-28(18-19-45-46(36(2,3)4,29-14-9-7-10-15-29)30-16-11-8-12-17-30)42-35-34-32(39-25-40-35)23-41-43(34)24-27-20-26(22-37)31(38)21-33(27)44-5/h7-12,14-17,20-21,23,28H,6,13,18-19,22,24H2,1-5H3,(H,39,40,42)/t28-/m0/s1. The fourth-order valence-corrected chi connectivity index (χ4v) is 11.1. The number of rotatable bonds is 14. The molecule has 5 aromatic rings. The fraction of sp³-hybridized carbons (Fsp3) is 0.361. The Morgan fingerprint density at radius 2 is 1.65 bits per heavy atom. The summed E-state index contributed by atoms with van der Waals surface area (Å²) >= 11 is 6.01. The average Bonchev–Trinajstić information content (AvgIpc) is 3.47. The highest BCUT2D eigenvalue weighted by molar-refractivity contribution is 6.99. The first kappa shape index (κ1) is 33.6. The Balaban J connectivity index is 1.42. The summed E-state index contributed by atoms with van der Waals surface area (Å²) in [4.78, 5) is 8.88. The van der Waals surface area contributed by atoms with Crippen LogP contribution in [0.4, 0.5) is 10.2 Å². The van der Waals surface area contributed by atoms with Gasteiger partial charge in [0.05, 0.1) is 25.7 Å². The average molecular weight is 659 g/mol. The van der Waals surface area contributed by atoms with Crippen molar-refractivity contribution in [1.29, 1.82) is 0 Å². The third-order valence-electron chi connectivity index (χ3n) is 8.47. The second-order valence-electron chi connectivity index (χ2n) is 12.5. The van der Waals surface area contributed by atoms with Gasteiger partial charge in [-0.1, -0.05) is 94.8 Å². The third kappa shape index (κ3) is 6.96. The lowest BCUT2D eigenvalue weighted by Gasteiger charge is -2.43. The molecule has 0 aliphatic rings. The Kier molecular flexibility index (Phi) is 10.8. The van der Waals surface area contributed by atoms with E-state index in [1.165, 1.54) is 23.5 Å². The summed E-state index contributed by atoms with van der Waals surface area (Å²) in [6.07, 6.45) is 7.17. The topological polar surface area (TPSA) is 74.1 Å². The summed E-state index contributed by atoms with van der Waals surface area (Å²) < 4.78 is 28.9. The minimum Gasteiger partial charge on any atom is -0.496 e. The maximum atomic E-state index is 14.4. The number of benzene rings is 3. The predicted octanol–water partition coefficient (Wildman–Crippen LogP) is 7.11. The number of hydrogen-bond acceptors (Lipinski definition) is 6. The maximum absolute atomic E-state index is 14.4. The molecule has 0 saturated heterocycles. The van der Waals surface area contributed by atoms with Crippen molar-refractivity contribution in [3.63, 3.8) is 0 Å². The quantitative estimate of drug-likeness (QED) is 0.101. The van der Waals surface area contributed by atoms with Gasteiger partial charge in [-0.2, -0.15) is 5.10 Å². The molecule has 5 rings (SSSR count). The van der Waals surface area contributed by atoms with Gasteiger partial charge in [-0.3, -0.25) is 4.68 Å². The minimum atomic E-state index is -2.66. The van der Waals surface area contributed by atoms with Crippen molar-refractivity contribution in [2.45, 2.75) is 70.5 Å². The number of methoxy groups -OCH3 is 1. The number of alkyl halides is 1. The Bertz CT molecular complexity index is 1690. The third-order valence-corrected chi connectivity index (χ3v) is 13.8. The van der Waals surface area contributed by atoms with Gasteiger partial charge in [-0.15, -0.1) is 11.6 Å². The first-order chi connectivity index (χ1) is 22.2. The number of fused-ring (bicyclic) bond motifs is 1. The predicted molar refractivity (Wildman–Crippen MR) is 186 cm³/mol. The van der Waals surface area contributed by atoms with Gasteiger partial charge in [0.15, 0.2) is 5.82 Å². The highest BCUT2D eigenvalue weighted by Gasteiger charge is 2.50. The zero-order chi connectivity index (χ0) is 32.7. The Morgan fingerprint density at radius 1 is 0.978 bits per heavy atom. The molecule has 0 unspecified atom stereocenters. The van der Waals surface area contributed by atoms with E-state index in [4.69, 9.17) is 20.8 Å². The van der Waals surface area contributed by atoms with E-state index in [0.717, 1.165) is 30.3 Å². The number of nitrogens with one attached hydrogen (secondary N) is 1. The van der Waals surface area contributed by atoms with Gasteiger partial charge < -0.3 is 14.5 Å². The molecular weight excluding hydrogens is 617 g/mol. The van der Waals surface area contributed by atoms with E-state index in [2.05, 4.69) is 115 Å². The zero-order valence-corrected chi connectivity index (χ0v) is 28.9. The molecule has 1 radical (unpaired) electrons. The van der Waals surface area contributed by atoms with Gasteiger partial charge in [-0.05, 0) is 34.3 Å². The Hall–Kier alpha value is -3.79. The van der Waals surface area contributed by atoms with Crippen molar-refractivity contribution in [1.82, 2.24) is 19.7 Å². The van der Waals surface area contributed by atoms with Gasteiger partial charge in [-0.25, -0.2) is 14.4 Å². The molecular formula is C36H42ClFN5O2Si. The van der Waals surface area contributed by atoms with E-state index in [0.29, 0.717) is 35.8 Å². The highest BCUT2D eigenvalue weighted by Crippen LogP contribution is 2.37. The lowest BCUT2D eigenvalue weighted by atomic mass is 10.1. The summed E-state index contributed by atoms with van der Waals surface area (Å²) in [5, 5.41) is 10.7. The second-order valence-corrected chi connectivity index (χ2v) is 17.1. The van der Waals surface area contributed by atoms with Crippen LogP contribution in [-0.2, 0) is 16.9 Å². The molecule has 2 heterocycles. The molecule has 7 nitrogen and oxygen atoms in total. The number of hydrogen-bond donors (Lipinski definition) is 1. The van der Waals surface area contributed by atoms with Crippen LogP contribution >= 0.6 is 11.6 Å². The van der Waals surface area contributed by atoms with Crippen LogP contribution in [0.25, 0.3) is 11.0 Å². The van der Waals surface area contributed by atoms with Crippen LogP contribution in [0, 0.1) is 12.1 Å². The van der Waals surface area contributed by atoms with Crippen LogP contribution in [0.3, 0.4) is 0 Å². The lowest BCUT2D eigenvalue weighted by molar-refractivity contribution is 0.281. The van der Waals surface area contributed by atoms with Crippen molar-refractivity contribution in [2.75, 3.05) is 19.0 Å². The van der Waals surface area contributed by atoms with Gasteiger partial charge in [0.2, 0.25) is 6.33 Å². The van der Waals surface area contributed by atoms with Crippen LogP contribution < -0.4 is 20.4 Å². The Morgan fingerprint density at radius 3 is 2.24 bits per heavy atom. The van der Waals surface area contributed by atoms with Crippen molar-refractivity contribution >= 4 is 47.1 Å². The van der Waals surface area contributed by atoms with Crippen molar-refractivity contribution < 1.29 is 13.6 Å². The Labute approximate surface area is 277 Å². The number of nitrogens with zero attached hydrogens (tertiary/aromatic N) is 4. The molecule has 0 saturated carbocycles. The molecule has 0 fully saturated rings. The second kappa shape index (κ2) is 14.7. The number of ether oxygens (including phenoxy) is 1. The molecule has 1 N–H and O–H groups in total. The summed E-state index contributed by atoms with van der Waals surface area (Å²) in [6.45, 7) is 9.97. The van der Waals surface area contributed by atoms with E-state index < -0.39 is 14.1 Å². The van der Waals surface area contributed by atoms with E-state index >= 15 is 0 Å². The number of anilines is 1. The normalized spacial score (nSPS) is 12.8. The van der Waals surface area contributed by atoms with Crippen molar-refractivity contribution in [3.05, 3.63) is 102 Å². The number of halogens is 2. The monoisotopic (exact) mass is 658 g/mol. The zero-order valence-electron chi connectivity index (χ0n) is 27.2. The smallest absolute Gasteiger partial charge is 0.261 e. The largest absolute Gasteiger partial charge is 0.496 e. The maximum Gasteiger partial charge on any atom is 0.261 e. The first-order valence-electron chi connectivity index (χ1n) is 15.7. The highest BCUT2D eigenvalue weighted by atomic mass is 35.5. The molecule has 0 spiro atoms. The van der Waals surface area contributed by atoms with E-state index in [9.17, 15) is 4.39 Å². The molecule has 0 aliphatic heterocycles. The summed E-state index contributed by atoms with van der Waals surface area (Å²) in [6, 6.07) is 24.6. The molecule has 46 heavy (non-hydrogen) atoms. The summed E-state index contributed by atoms with van der Waals surface area (Å²) in [5.41, 5.74) is 2.56. The molecule has 10 heteroatoms. The van der Waals surface area contributed by atoms with Gasteiger partial charge in [0.25, 0.3) is 8.32 Å².